The molecule has 8 atom stereocenters. The van der Waals surface area contributed by atoms with E-state index in [2.05, 4.69) is 10.6 Å². The predicted octanol–water partition coefficient (Wildman–Crippen LogP) is 3.17. The molecule has 0 aromatic heterocycles. The zero-order valence-electron chi connectivity index (χ0n) is 36.7. The fraction of sp³-hybridized carbons (Fsp3) is 0.857. The van der Waals surface area contributed by atoms with Gasteiger partial charge in [0.05, 0.1) is 37.1 Å². The lowest BCUT2D eigenvalue weighted by molar-refractivity contribution is -0.150. The number of fused-ring (bicyclic) bond motifs is 1. The van der Waals surface area contributed by atoms with E-state index < -0.39 is 78.0 Å². The Morgan fingerprint density at radius 2 is 0.911 bits per heavy atom. The van der Waals surface area contributed by atoms with Crippen LogP contribution in [0.3, 0.4) is 0 Å². The van der Waals surface area contributed by atoms with Crippen molar-refractivity contribution in [2.45, 2.75) is 175 Å². The molecule has 14 heteroatoms. The van der Waals surface area contributed by atoms with Crippen molar-refractivity contribution in [1.82, 2.24) is 30.2 Å². The number of aliphatic hydroxyl groups excluding tert-OH is 2. The number of hydrogen-bond acceptors (Lipinski definition) is 8. The molecule has 2 heterocycles. The molecule has 2 rings (SSSR count). The fourth-order valence-electron chi connectivity index (χ4n) is 7.99. The minimum Gasteiger partial charge on any atom is -0.390 e. The van der Waals surface area contributed by atoms with Gasteiger partial charge in [0.15, 0.2) is 0 Å². The second-order valence-electron chi connectivity index (χ2n) is 18.6. The van der Waals surface area contributed by atoms with Crippen molar-refractivity contribution in [1.29, 1.82) is 0 Å². The van der Waals surface area contributed by atoms with Crippen LogP contribution in [0, 0.1) is 29.6 Å². The molecule has 0 spiro atoms. The van der Waals surface area contributed by atoms with E-state index in [4.69, 9.17) is 0 Å². The number of carbonyl (C=O) groups excluding carboxylic acids is 6. The normalized spacial score (nSPS) is 29.1. The van der Waals surface area contributed by atoms with E-state index in [-0.39, 0.29) is 48.3 Å². The number of nitrogens with one attached hydrogen (secondary N) is 2. The molecular weight excluding hydrogens is 716 g/mol. The van der Waals surface area contributed by atoms with Crippen LogP contribution in [0.5, 0.6) is 0 Å². The van der Waals surface area contributed by atoms with E-state index >= 15 is 0 Å². The summed E-state index contributed by atoms with van der Waals surface area (Å²) in [6, 6.07) is -5.28. The highest BCUT2D eigenvalue weighted by Crippen LogP contribution is 2.26. The van der Waals surface area contributed by atoms with Gasteiger partial charge in [-0.3, -0.25) is 28.8 Å². The molecule has 14 nitrogen and oxygen atoms in total. The lowest BCUT2D eigenvalue weighted by atomic mass is 9.94. The Bertz CT molecular complexity index is 1340. The quantitative estimate of drug-likeness (QED) is 0.261. The van der Waals surface area contributed by atoms with Crippen LogP contribution in [0.25, 0.3) is 0 Å². The summed E-state index contributed by atoms with van der Waals surface area (Å²) in [6.07, 6.45) is -0.682. The molecular formula is C42H76N6O8. The smallest absolute Gasteiger partial charge is 0.246 e. The van der Waals surface area contributed by atoms with Gasteiger partial charge in [-0.05, 0) is 74.5 Å². The summed E-state index contributed by atoms with van der Waals surface area (Å²) < 4.78 is 0. The Hall–Kier alpha value is -3.26. The van der Waals surface area contributed by atoms with Gasteiger partial charge in [-0.1, -0.05) is 69.2 Å². The van der Waals surface area contributed by atoms with Gasteiger partial charge in [0.25, 0.3) is 0 Å². The van der Waals surface area contributed by atoms with Gasteiger partial charge in [-0.25, -0.2) is 0 Å². The highest BCUT2D eigenvalue weighted by atomic mass is 16.3. The zero-order valence-corrected chi connectivity index (χ0v) is 36.7. The second kappa shape index (κ2) is 22.0. The number of amides is 6. The minimum atomic E-state index is -1.29. The summed E-state index contributed by atoms with van der Waals surface area (Å²) >= 11 is 0. The Labute approximate surface area is 336 Å². The summed E-state index contributed by atoms with van der Waals surface area (Å²) in [4.78, 5) is 90.4. The minimum absolute atomic E-state index is 0.0000466. The lowest BCUT2D eigenvalue weighted by Gasteiger charge is -2.38. The van der Waals surface area contributed by atoms with Crippen LogP contribution in [-0.2, 0) is 28.8 Å². The van der Waals surface area contributed by atoms with E-state index in [1.54, 1.807) is 7.05 Å². The first-order chi connectivity index (χ1) is 26.0. The third-order valence-electron chi connectivity index (χ3n) is 11.1. The van der Waals surface area contributed by atoms with Crippen molar-refractivity contribution >= 4 is 35.4 Å². The Morgan fingerprint density at radius 1 is 0.536 bits per heavy atom. The van der Waals surface area contributed by atoms with Gasteiger partial charge < -0.3 is 40.4 Å². The standard InChI is InChI=1S/C42H76N6O8/c1-24(2)17-29-35(49)22-37(51)45(11)33(20-27(7)8)41(55)47(13)32(19-26(5)6)40(54)44-30(18-25(3)4)36(50)23-38(52)46(12)34(21-28(9)10)42(56)48-16-14-15-31(48)39(53)43-29/h24-36,49-50H,14-23H2,1-13H3,(H,43,53)(H,44,54)/t29-,30-,31+,32-,33-,34-,35-,36-/m0/s1. The van der Waals surface area contributed by atoms with Crippen LogP contribution in [0.1, 0.15) is 127 Å². The van der Waals surface area contributed by atoms with E-state index in [9.17, 15) is 39.0 Å². The average Bonchev–Trinajstić information content (AvgIpc) is 3.59. The van der Waals surface area contributed by atoms with Crippen LogP contribution in [0.15, 0.2) is 0 Å². The van der Waals surface area contributed by atoms with Crippen LogP contribution < -0.4 is 10.6 Å². The maximum Gasteiger partial charge on any atom is 0.246 e. The lowest BCUT2D eigenvalue weighted by Crippen LogP contribution is -2.59. The maximum absolute atomic E-state index is 14.4. The molecule has 2 fully saturated rings. The van der Waals surface area contributed by atoms with Crippen molar-refractivity contribution in [2.24, 2.45) is 29.6 Å². The highest BCUT2D eigenvalue weighted by molar-refractivity contribution is 5.94. The Balaban J connectivity index is 2.73. The first-order valence-electron chi connectivity index (χ1n) is 21.0. The number of aliphatic hydroxyl groups is 2. The van der Waals surface area contributed by atoms with Gasteiger partial charge >= 0.3 is 0 Å². The van der Waals surface area contributed by atoms with Gasteiger partial charge in [-0.15, -0.1) is 0 Å². The van der Waals surface area contributed by atoms with Gasteiger partial charge in [0.1, 0.15) is 24.2 Å². The SMILES string of the molecule is CC(C)C[C@@H]1NC(=O)[C@H]2CCCN2C(=O)[C@H](CC(C)C)N(C)C(=O)C[C@H](O)[C@H](CC(C)C)NC(=O)[C@H](CC(C)C)N(C)C(=O)[C@H](CC(C)C)N(C)C(=O)C[C@@H]1O. The van der Waals surface area contributed by atoms with E-state index in [0.717, 1.165) is 0 Å². The number of hydrogen-bond donors (Lipinski definition) is 4. The second-order valence-corrected chi connectivity index (χ2v) is 18.6. The number of likely N-dealkylation sites (N-methyl/N-ethyl adjacent to an activating group) is 3. The number of carbonyl (C=O) groups is 6. The summed E-state index contributed by atoms with van der Waals surface area (Å²) in [5.74, 6) is -2.58. The summed E-state index contributed by atoms with van der Waals surface area (Å²) in [5, 5.41) is 29.1. The fourth-order valence-corrected chi connectivity index (χ4v) is 7.99. The number of nitrogens with zero attached hydrogens (tertiary/aromatic N) is 4. The topological polar surface area (TPSA) is 180 Å². The third-order valence-corrected chi connectivity index (χ3v) is 11.1. The highest BCUT2D eigenvalue weighted by Gasteiger charge is 2.42. The molecule has 0 aromatic carbocycles. The molecule has 0 unspecified atom stereocenters. The molecule has 56 heavy (non-hydrogen) atoms. The Morgan fingerprint density at radius 3 is 1.32 bits per heavy atom. The van der Waals surface area contributed by atoms with E-state index in [0.29, 0.717) is 51.5 Å². The van der Waals surface area contributed by atoms with Crippen molar-refractivity contribution in [3.63, 3.8) is 0 Å². The van der Waals surface area contributed by atoms with Crippen molar-refractivity contribution in [3.8, 4) is 0 Å². The predicted molar refractivity (Wildman–Crippen MR) is 217 cm³/mol. The summed E-state index contributed by atoms with van der Waals surface area (Å²) in [5.41, 5.74) is 0. The van der Waals surface area contributed by atoms with Crippen molar-refractivity contribution in [2.75, 3.05) is 27.7 Å². The molecule has 0 bridgehead atoms. The first kappa shape index (κ1) is 48.9. The molecule has 0 aromatic rings. The third kappa shape index (κ3) is 14.0. The average molecular weight is 793 g/mol. The van der Waals surface area contributed by atoms with E-state index in [1.165, 1.54) is 33.7 Å². The van der Waals surface area contributed by atoms with Gasteiger partial charge in [0.2, 0.25) is 35.4 Å². The van der Waals surface area contributed by atoms with Gasteiger partial charge in [-0.2, -0.15) is 0 Å². The van der Waals surface area contributed by atoms with Crippen molar-refractivity contribution in [3.05, 3.63) is 0 Å². The number of rotatable bonds is 10. The first-order valence-corrected chi connectivity index (χ1v) is 21.0. The molecule has 2 saturated heterocycles. The molecule has 0 radical (unpaired) electrons. The summed E-state index contributed by atoms with van der Waals surface area (Å²) in [7, 11) is 4.61. The van der Waals surface area contributed by atoms with Crippen LogP contribution in [0.2, 0.25) is 0 Å². The molecule has 0 aliphatic carbocycles. The molecule has 6 amide bonds. The maximum atomic E-state index is 14.4. The molecule has 2 aliphatic heterocycles. The summed E-state index contributed by atoms with van der Waals surface area (Å²) in [6.45, 7) is 19.8. The molecule has 0 saturated carbocycles. The molecule has 322 valence electrons. The Kier molecular flexibility index (Phi) is 19.2. The van der Waals surface area contributed by atoms with Crippen molar-refractivity contribution < 1.29 is 39.0 Å². The van der Waals surface area contributed by atoms with Crippen LogP contribution >= 0.6 is 0 Å². The monoisotopic (exact) mass is 793 g/mol. The largest absolute Gasteiger partial charge is 0.390 e. The molecule has 2 aliphatic rings. The van der Waals surface area contributed by atoms with Crippen LogP contribution in [0.4, 0.5) is 0 Å². The molecule has 4 N–H and O–H groups in total. The van der Waals surface area contributed by atoms with Gasteiger partial charge in [0, 0.05) is 27.7 Å². The van der Waals surface area contributed by atoms with E-state index in [1.807, 2.05) is 69.2 Å². The van der Waals surface area contributed by atoms with Crippen LogP contribution in [-0.4, -0.2) is 141 Å². The zero-order chi connectivity index (χ0) is 42.8.